The molecule has 2 amide bonds. The predicted octanol–water partition coefficient (Wildman–Crippen LogP) is 0.232. The molecule has 0 spiro atoms. The van der Waals surface area contributed by atoms with Crippen LogP contribution in [0, 0.1) is 0 Å². The van der Waals surface area contributed by atoms with Gasteiger partial charge in [-0.15, -0.1) is 0 Å². The van der Waals surface area contributed by atoms with Gasteiger partial charge in [0.05, 0.1) is 6.10 Å². The van der Waals surface area contributed by atoms with Gasteiger partial charge in [0.2, 0.25) is 11.8 Å². The molecule has 7 heteroatoms. The fourth-order valence-corrected chi connectivity index (χ4v) is 3.35. The molecule has 2 saturated heterocycles. The van der Waals surface area contributed by atoms with Gasteiger partial charge in [0.1, 0.15) is 12.1 Å². The van der Waals surface area contributed by atoms with Crippen molar-refractivity contribution in [3.05, 3.63) is 34.9 Å². The first-order valence-electron chi connectivity index (χ1n) is 7.72. The Labute approximate surface area is 140 Å². The Hall–Kier alpha value is -1.63. The molecular weight excluding hydrogens is 318 g/mol. The van der Waals surface area contributed by atoms with Crippen molar-refractivity contribution in [1.82, 2.24) is 15.1 Å². The van der Waals surface area contributed by atoms with E-state index in [9.17, 15) is 14.7 Å². The number of nitrogens with zero attached hydrogens (tertiary/aromatic N) is 2. The lowest BCUT2D eigenvalue weighted by atomic mass is 10.0. The first-order chi connectivity index (χ1) is 11.0. The van der Waals surface area contributed by atoms with E-state index in [4.69, 9.17) is 11.6 Å². The zero-order valence-corrected chi connectivity index (χ0v) is 13.7. The number of aliphatic hydroxyl groups is 1. The van der Waals surface area contributed by atoms with Gasteiger partial charge < -0.3 is 15.3 Å². The number of rotatable bonds is 3. The number of aliphatic hydroxyl groups excluding tert-OH is 1. The van der Waals surface area contributed by atoms with Crippen LogP contribution in [0.3, 0.4) is 0 Å². The fraction of sp³-hybridized carbons (Fsp3) is 0.500. The molecule has 124 valence electrons. The second-order valence-electron chi connectivity index (χ2n) is 6.10. The molecule has 2 heterocycles. The summed E-state index contributed by atoms with van der Waals surface area (Å²) in [5, 5.41) is 13.0. The number of hydrogen-bond donors (Lipinski definition) is 2. The summed E-state index contributed by atoms with van der Waals surface area (Å²) in [5.41, 5.74) is 1.01. The van der Waals surface area contributed by atoms with Gasteiger partial charge in [-0.1, -0.05) is 29.8 Å². The monoisotopic (exact) mass is 337 g/mol. The van der Waals surface area contributed by atoms with Crippen LogP contribution in [0.1, 0.15) is 12.5 Å². The van der Waals surface area contributed by atoms with E-state index in [0.29, 0.717) is 31.2 Å². The van der Waals surface area contributed by atoms with Crippen molar-refractivity contribution < 1.29 is 14.7 Å². The van der Waals surface area contributed by atoms with Gasteiger partial charge in [0, 0.05) is 31.2 Å². The van der Waals surface area contributed by atoms with Gasteiger partial charge in [0.25, 0.3) is 0 Å². The highest BCUT2D eigenvalue weighted by atomic mass is 35.5. The summed E-state index contributed by atoms with van der Waals surface area (Å²) in [6, 6.07) is 6.28. The molecule has 3 atom stereocenters. The van der Waals surface area contributed by atoms with Crippen LogP contribution in [0.25, 0.3) is 0 Å². The molecule has 2 fully saturated rings. The van der Waals surface area contributed by atoms with Crippen LogP contribution in [0.2, 0.25) is 5.02 Å². The molecule has 1 aromatic carbocycles. The Kier molecular flexibility index (Phi) is 4.57. The van der Waals surface area contributed by atoms with Crippen molar-refractivity contribution in [2.24, 2.45) is 0 Å². The Morgan fingerprint density at radius 3 is 2.78 bits per heavy atom. The summed E-state index contributed by atoms with van der Waals surface area (Å²) in [7, 11) is 0. The average Bonchev–Trinajstić information content (AvgIpc) is 2.53. The minimum absolute atomic E-state index is 0.206. The Balaban J connectivity index is 1.70. The Morgan fingerprint density at radius 1 is 1.35 bits per heavy atom. The predicted molar refractivity (Wildman–Crippen MR) is 85.8 cm³/mol. The smallest absolute Gasteiger partial charge is 0.248 e. The highest BCUT2D eigenvalue weighted by Crippen LogP contribution is 2.22. The molecule has 0 radical (unpaired) electrons. The van der Waals surface area contributed by atoms with E-state index < -0.39 is 18.2 Å². The summed E-state index contributed by atoms with van der Waals surface area (Å²) < 4.78 is 0. The van der Waals surface area contributed by atoms with Gasteiger partial charge in [0.15, 0.2) is 0 Å². The summed E-state index contributed by atoms with van der Waals surface area (Å²) in [6.07, 6.45) is -0.895. The highest BCUT2D eigenvalue weighted by Gasteiger charge is 2.44. The number of benzene rings is 1. The number of nitrogens with one attached hydrogen (secondary N) is 1. The number of carbonyl (C=O) groups excluding carboxylic acids is 2. The third-order valence-electron chi connectivity index (χ3n) is 4.45. The van der Waals surface area contributed by atoms with E-state index in [2.05, 4.69) is 10.2 Å². The normalized spacial score (nSPS) is 26.7. The van der Waals surface area contributed by atoms with Crippen molar-refractivity contribution in [3.8, 4) is 0 Å². The maximum atomic E-state index is 12.4. The van der Waals surface area contributed by atoms with Gasteiger partial charge in [-0.3, -0.25) is 14.5 Å². The first kappa shape index (κ1) is 16.2. The van der Waals surface area contributed by atoms with E-state index in [1.807, 2.05) is 24.3 Å². The summed E-state index contributed by atoms with van der Waals surface area (Å²) in [4.78, 5) is 28.4. The summed E-state index contributed by atoms with van der Waals surface area (Å²) in [6.45, 7) is 3.77. The topological polar surface area (TPSA) is 72.9 Å². The molecule has 6 nitrogen and oxygen atoms in total. The van der Waals surface area contributed by atoms with Crippen molar-refractivity contribution >= 4 is 23.4 Å². The van der Waals surface area contributed by atoms with E-state index in [-0.39, 0.29) is 11.8 Å². The molecule has 1 aromatic rings. The van der Waals surface area contributed by atoms with Crippen LogP contribution in [0.5, 0.6) is 0 Å². The van der Waals surface area contributed by atoms with Gasteiger partial charge in [-0.2, -0.15) is 0 Å². The van der Waals surface area contributed by atoms with Crippen molar-refractivity contribution in [2.45, 2.75) is 31.7 Å². The van der Waals surface area contributed by atoms with Gasteiger partial charge in [-0.25, -0.2) is 0 Å². The van der Waals surface area contributed by atoms with E-state index in [0.717, 1.165) is 5.56 Å². The van der Waals surface area contributed by atoms with Crippen molar-refractivity contribution in [2.75, 3.05) is 19.6 Å². The lowest BCUT2D eigenvalue weighted by Gasteiger charge is -2.45. The molecule has 0 saturated carbocycles. The molecule has 0 unspecified atom stereocenters. The summed E-state index contributed by atoms with van der Waals surface area (Å²) >= 11 is 6.19. The fourth-order valence-electron chi connectivity index (χ4n) is 3.16. The standard InChI is InChI=1S/C16H20ClN3O3/c1-10(21)14-16(23)20-7-6-19(9-13(20)15(22)18-14)8-11-4-2-3-5-12(11)17/h2-5,10,13-14,21H,6-9H2,1H3,(H,18,22)/t10-,13-,14+/m1/s1. The SMILES string of the molecule is C[C@@H](O)[C@@H]1NC(=O)[C@H]2CN(Cc3ccccc3Cl)CCN2C1=O. The number of halogens is 1. The third kappa shape index (κ3) is 3.20. The van der Waals surface area contributed by atoms with E-state index in [1.54, 1.807) is 4.90 Å². The van der Waals surface area contributed by atoms with Crippen molar-refractivity contribution in [1.29, 1.82) is 0 Å². The second-order valence-corrected chi connectivity index (χ2v) is 6.51. The van der Waals surface area contributed by atoms with Crippen LogP contribution in [0.4, 0.5) is 0 Å². The number of piperazine rings is 2. The average molecular weight is 338 g/mol. The molecule has 2 aliphatic rings. The van der Waals surface area contributed by atoms with E-state index >= 15 is 0 Å². The first-order valence-corrected chi connectivity index (χ1v) is 8.10. The zero-order chi connectivity index (χ0) is 16.6. The maximum Gasteiger partial charge on any atom is 0.248 e. The van der Waals surface area contributed by atoms with Crippen LogP contribution in [-0.4, -0.2) is 64.5 Å². The number of carbonyl (C=O) groups is 2. The third-order valence-corrected chi connectivity index (χ3v) is 4.82. The van der Waals surface area contributed by atoms with Crippen LogP contribution in [0.15, 0.2) is 24.3 Å². The molecule has 0 bridgehead atoms. The van der Waals surface area contributed by atoms with Crippen LogP contribution < -0.4 is 5.32 Å². The highest BCUT2D eigenvalue weighted by molar-refractivity contribution is 6.31. The largest absolute Gasteiger partial charge is 0.391 e. The number of fused-ring (bicyclic) bond motifs is 1. The zero-order valence-electron chi connectivity index (χ0n) is 12.9. The van der Waals surface area contributed by atoms with Crippen molar-refractivity contribution in [3.63, 3.8) is 0 Å². The maximum absolute atomic E-state index is 12.4. The van der Waals surface area contributed by atoms with Gasteiger partial charge in [-0.05, 0) is 18.6 Å². The molecular formula is C16H20ClN3O3. The summed E-state index contributed by atoms with van der Waals surface area (Å²) in [5.74, 6) is -0.415. The molecule has 0 aliphatic carbocycles. The van der Waals surface area contributed by atoms with E-state index in [1.165, 1.54) is 6.92 Å². The number of amides is 2. The molecule has 0 aromatic heterocycles. The molecule has 23 heavy (non-hydrogen) atoms. The van der Waals surface area contributed by atoms with Gasteiger partial charge >= 0.3 is 0 Å². The molecule has 2 N–H and O–H groups in total. The van der Waals surface area contributed by atoms with Crippen LogP contribution >= 0.6 is 11.6 Å². The lowest BCUT2D eigenvalue weighted by Crippen LogP contribution is -2.70. The van der Waals surface area contributed by atoms with Crippen LogP contribution in [-0.2, 0) is 16.1 Å². The Bertz CT molecular complexity index is 622. The number of hydrogen-bond acceptors (Lipinski definition) is 4. The quantitative estimate of drug-likeness (QED) is 0.828. The lowest BCUT2D eigenvalue weighted by molar-refractivity contribution is -0.156. The molecule has 3 rings (SSSR count). The second kappa shape index (κ2) is 6.47. The molecule has 2 aliphatic heterocycles. The minimum Gasteiger partial charge on any atom is -0.391 e. The minimum atomic E-state index is -0.895. The Morgan fingerprint density at radius 2 is 2.09 bits per heavy atom.